The molecule has 9 aliphatic carbocycles. The second-order valence-electron chi connectivity index (χ2n) is 38.9. The molecule has 12 N–H and O–H groups in total. The van der Waals surface area contributed by atoms with E-state index in [4.69, 9.17) is 79.3 Å². The fraction of sp³-hybridized carbons (Fsp3) is 0.568. The molecule has 24 rings (SSSR count). The third kappa shape index (κ3) is 29.8. The van der Waals surface area contributed by atoms with Crippen LogP contribution in [0, 0.1) is 12.8 Å². The van der Waals surface area contributed by atoms with Crippen molar-refractivity contribution in [2.24, 2.45) is 5.92 Å². The second-order valence-corrected chi connectivity index (χ2v) is 38.9. The third-order valence-electron chi connectivity index (χ3n) is 29.1. The van der Waals surface area contributed by atoms with Gasteiger partial charge in [-0.05, 0) is 178 Å². The van der Waals surface area contributed by atoms with Gasteiger partial charge in [0, 0.05) is 221 Å². The highest BCUT2D eigenvalue weighted by Crippen LogP contribution is 2.47. The van der Waals surface area contributed by atoms with E-state index in [9.17, 15) is 0 Å². The lowest BCUT2D eigenvalue weighted by Gasteiger charge is -2.27. The summed E-state index contributed by atoms with van der Waals surface area (Å²) >= 11 is 0. The molecule has 15 heterocycles. The molecule has 32 nitrogen and oxygen atoms in total. The van der Waals surface area contributed by atoms with Crippen LogP contribution in [-0.2, 0) is 6.42 Å². The number of fused-ring (bicyclic) bond motifs is 1. The number of nitrogens with zero attached hydrogens (tertiary/aromatic N) is 26. The van der Waals surface area contributed by atoms with E-state index in [0.29, 0.717) is 77.2 Å². The van der Waals surface area contributed by atoms with Crippen LogP contribution in [0.5, 0.6) is 0 Å². The quantitative estimate of drug-likeness (QED) is 0.0493. The molecular weight excluding hydrogens is 1780 g/mol. The maximum Gasteiger partial charge on any atom is 0.226 e. The van der Waals surface area contributed by atoms with Gasteiger partial charge in [0.05, 0.1) is 34.2 Å². The number of aryl methyl sites for hydroxylation is 2. The average Bonchev–Trinajstić information content (AvgIpc) is 1.61. The lowest BCUT2D eigenvalue weighted by molar-refractivity contribution is 0.380. The molecule has 12 aromatic rings. The molecule has 12 aliphatic rings. The molecule has 0 aromatic carbocycles. The summed E-state index contributed by atoms with van der Waals surface area (Å²) in [6.07, 6.45) is 71.6. The van der Waals surface area contributed by atoms with Gasteiger partial charge in [-0.15, -0.1) is 0 Å². The summed E-state index contributed by atoms with van der Waals surface area (Å²) in [7, 11) is 0. The van der Waals surface area contributed by atoms with Crippen LogP contribution in [0.4, 0.5) is 47.6 Å². The largest absolute Gasteiger partial charge is 0.368 e. The molecule has 2 bridgehead atoms. The Morgan fingerprint density at radius 3 is 0.783 bits per heavy atom. The first-order valence-electron chi connectivity index (χ1n) is 54.4. The Labute approximate surface area is 847 Å². The van der Waals surface area contributed by atoms with Crippen LogP contribution in [0.3, 0.4) is 0 Å². The zero-order valence-electron chi connectivity index (χ0n) is 86.7. The average molecular weight is 1940 g/mol. The van der Waals surface area contributed by atoms with E-state index >= 15 is 0 Å². The van der Waals surface area contributed by atoms with E-state index < -0.39 is 0 Å². The van der Waals surface area contributed by atoms with E-state index in [0.717, 1.165) is 140 Å². The zero-order chi connectivity index (χ0) is 100. The minimum atomic E-state index is 0.284. The maximum atomic E-state index is 5.64. The van der Waals surface area contributed by atoms with E-state index in [-0.39, 0.29) is 11.9 Å². The topological polar surface area (TPSA) is 472 Å². The van der Waals surface area contributed by atoms with Gasteiger partial charge in [-0.2, -0.15) is 0 Å². The second kappa shape index (κ2) is 54.2. The first-order chi connectivity index (χ1) is 70.1. The van der Waals surface area contributed by atoms with Gasteiger partial charge in [0.1, 0.15) is 23.3 Å². The van der Waals surface area contributed by atoms with Gasteiger partial charge in [0.2, 0.25) is 47.6 Å². The molecule has 0 spiro atoms. The minimum absolute atomic E-state index is 0.284. The Morgan fingerprint density at radius 1 is 0.252 bits per heavy atom. The van der Waals surface area contributed by atoms with Gasteiger partial charge in [-0.25, -0.2) is 120 Å². The Morgan fingerprint density at radius 2 is 0.503 bits per heavy atom. The predicted molar refractivity (Wildman–Crippen MR) is 573 cm³/mol. The van der Waals surface area contributed by atoms with Crippen molar-refractivity contribution in [2.75, 3.05) is 63.8 Å². The highest BCUT2D eigenvalue weighted by atomic mass is 15.3. The van der Waals surface area contributed by atoms with Crippen LogP contribution in [0.15, 0.2) is 111 Å². The highest BCUT2D eigenvalue weighted by Gasteiger charge is 2.44. The van der Waals surface area contributed by atoms with Crippen LogP contribution < -0.4 is 44.2 Å². The van der Waals surface area contributed by atoms with Crippen LogP contribution >= 0.6 is 0 Å². The first-order valence-corrected chi connectivity index (χ1v) is 54.4. The molecule has 32 heteroatoms. The Bertz CT molecular complexity index is 5820. The Balaban J connectivity index is 0.000000134. The van der Waals surface area contributed by atoms with Gasteiger partial charge in [0.25, 0.3) is 0 Å². The normalized spacial score (nSPS) is 18.6. The van der Waals surface area contributed by atoms with Crippen molar-refractivity contribution < 1.29 is 0 Å². The number of rotatable bonds is 17. The van der Waals surface area contributed by atoms with Crippen LogP contribution in [0.2, 0.25) is 0 Å². The summed E-state index contributed by atoms with van der Waals surface area (Å²) in [4.78, 5) is 111. The van der Waals surface area contributed by atoms with Gasteiger partial charge >= 0.3 is 0 Å². The van der Waals surface area contributed by atoms with Crippen molar-refractivity contribution in [1.29, 1.82) is 0 Å². The predicted octanol–water partition coefficient (Wildman–Crippen LogP) is 23.7. The molecule has 12 fully saturated rings. The summed E-state index contributed by atoms with van der Waals surface area (Å²) in [5.41, 5.74) is 51.7. The van der Waals surface area contributed by atoms with E-state index in [1.165, 1.54) is 279 Å². The SMILES string of the molecule is CC.CC.CC.CC.CCc1nc(-c2cnc(N)nc2)cc(C2CCCCC2)n1.Cc1nc(-c2cnc(N)nc2)cc(C2CCCCC2)n1.Nc1ncc(-c2cc(C3CCCCC3)nc(C3CC3)n2)cn1.Nc1ncc(-c2cc(C3CCCCC3)nc(C3CCC3)n2)cn1.Nc1ncc(-c2cc(C3CCCCC3)nc(N3CC4CC3C4)n2)cn1.Nc1ncc(-c2cc(C3CCCCC3)nc(N3CCCC3)n2)cn1. The monoisotopic (exact) mass is 1940 g/mol. The molecule has 12 aromatic heterocycles. The number of hydrogen-bond acceptors (Lipinski definition) is 32. The number of nitrogens with two attached hydrogens (primary N) is 6. The van der Waals surface area contributed by atoms with Gasteiger partial charge < -0.3 is 44.2 Å². The number of anilines is 8. The van der Waals surface area contributed by atoms with Crippen LogP contribution in [0.1, 0.15) is 418 Å². The van der Waals surface area contributed by atoms with Crippen molar-refractivity contribution in [2.45, 2.75) is 379 Å². The molecule has 3 saturated heterocycles. The van der Waals surface area contributed by atoms with Crippen molar-refractivity contribution in [3.05, 3.63) is 168 Å². The van der Waals surface area contributed by atoms with Crippen molar-refractivity contribution in [3.8, 4) is 67.5 Å². The van der Waals surface area contributed by atoms with Crippen molar-refractivity contribution >= 4 is 47.6 Å². The zero-order valence-corrected chi connectivity index (χ0v) is 86.7. The molecular formula is C111H156N32. The van der Waals surface area contributed by atoms with Crippen LogP contribution in [0.25, 0.3) is 67.5 Å². The molecule has 0 amide bonds. The maximum absolute atomic E-state index is 5.64. The number of aromatic nitrogens is 24. The van der Waals surface area contributed by atoms with E-state index in [2.05, 4.69) is 128 Å². The summed E-state index contributed by atoms with van der Waals surface area (Å²) < 4.78 is 0. The summed E-state index contributed by atoms with van der Waals surface area (Å²) in [5.74, 6) is 12.6. The van der Waals surface area contributed by atoms with Gasteiger partial charge in [-0.3, -0.25) is 0 Å². The molecule has 9 saturated carbocycles. The van der Waals surface area contributed by atoms with Crippen molar-refractivity contribution in [3.63, 3.8) is 0 Å². The fourth-order valence-corrected chi connectivity index (χ4v) is 20.8. The molecule has 143 heavy (non-hydrogen) atoms. The standard InChI is InChI=1S/C19H24N6.C18H24N6.C18H23N5.C17H21N5.C16H21N5.C15H19N5.4C2H6/c20-18-21-9-14(10-22-18)17-8-16(13-4-2-1-3-5-13)23-19(24-17)25-11-12-6-15(25)7-12;19-17-20-11-14(12-21-17)16-10-15(13-6-2-1-3-7-13)22-18(23-16)24-8-4-5-9-24;19-18-20-10-14(11-21-18)16-9-15(12-5-2-1-3-6-12)22-17(23-16)13-7-4-8-13;18-17-19-9-13(10-20-17)15-8-14(11-4-2-1-3-5-11)21-16(22-15)12-6-7-12;1-2-15-20-13(11-6-4-3-5-7-11)8-14(21-15)12-9-18-16(17)19-10-12;1-10-19-13(11-5-3-2-4-6-11)7-14(20-10)12-8-17-15(16)18-9-12;4*1-2/h8-10,12-13,15H,1-7,11H2,(H2,20,21,22);10-13H,1-9H2,(H2,19,20,21);9-13H,1-8H2,(H2,19,20,21);8-12H,1-7H2,(H2,18,19,20);8-11H,2-7H2,1H3,(H2,17,18,19);7-9,11H,2-6H2,1H3,(H2,16,17,18);4*1-2H3. The smallest absolute Gasteiger partial charge is 0.226 e. The molecule has 3 aliphatic heterocycles. The van der Waals surface area contributed by atoms with Gasteiger partial charge in [0.15, 0.2) is 0 Å². The van der Waals surface area contributed by atoms with E-state index in [1.807, 2.05) is 62.3 Å². The summed E-state index contributed by atoms with van der Waals surface area (Å²) in [6, 6.07) is 13.4. The molecule has 0 atom stereocenters. The number of nitrogen functional groups attached to an aromatic ring is 6. The molecule has 0 unspecified atom stereocenters. The minimum Gasteiger partial charge on any atom is -0.368 e. The highest BCUT2D eigenvalue weighted by molar-refractivity contribution is 5.64. The van der Waals surface area contributed by atoms with Crippen molar-refractivity contribution in [1.82, 2.24) is 120 Å². The lowest BCUT2D eigenvalue weighted by atomic mass is 9.83. The number of hydrogen-bond donors (Lipinski definition) is 6. The molecule has 0 radical (unpaired) electrons. The van der Waals surface area contributed by atoms with E-state index in [1.54, 1.807) is 74.4 Å². The Hall–Kier alpha value is -12.6. The lowest BCUT2D eigenvalue weighted by Crippen LogP contribution is -2.30. The van der Waals surface area contributed by atoms with Gasteiger partial charge in [-0.1, -0.05) is 184 Å². The summed E-state index contributed by atoms with van der Waals surface area (Å²) in [5, 5.41) is 0. The first kappa shape index (κ1) is 106. The van der Waals surface area contributed by atoms with Crippen LogP contribution in [-0.4, -0.2) is 145 Å². The Kier molecular flexibility index (Phi) is 40.2. The fourth-order valence-electron chi connectivity index (χ4n) is 20.8. The third-order valence-corrected chi connectivity index (χ3v) is 29.1. The molecule has 760 valence electrons. The summed E-state index contributed by atoms with van der Waals surface area (Å²) in [6.45, 7) is 23.2.